The predicted octanol–water partition coefficient (Wildman–Crippen LogP) is 4.20. The van der Waals surface area contributed by atoms with E-state index in [1.807, 2.05) is 6.08 Å². The minimum absolute atomic E-state index is 0.122. The van der Waals surface area contributed by atoms with Crippen LogP contribution in [0.15, 0.2) is 49.0 Å². The predicted molar refractivity (Wildman–Crippen MR) is 116 cm³/mol. The van der Waals surface area contributed by atoms with Crippen molar-refractivity contribution >= 4 is 10.9 Å². The quantitative estimate of drug-likeness (QED) is 0.600. The van der Waals surface area contributed by atoms with Gasteiger partial charge < -0.3 is 19.5 Å². The number of nitrogens with zero attached hydrogens (tertiary/aromatic N) is 4. The van der Waals surface area contributed by atoms with Crippen molar-refractivity contribution in [2.45, 2.75) is 13.3 Å². The second-order valence-electron chi connectivity index (χ2n) is 7.72. The molecule has 3 aromatic rings. The average Bonchev–Trinajstić information content (AvgIpc) is 3.15. The summed E-state index contributed by atoms with van der Waals surface area (Å²) in [6.45, 7) is 9.37. The summed E-state index contributed by atoms with van der Waals surface area (Å²) >= 11 is 0. The van der Waals surface area contributed by atoms with Crippen molar-refractivity contribution in [3.63, 3.8) is 0 Å². The van der Waals surface area contributed by atoms with E-state index in [0.29, 0.717) is 12.1 Å². The number of H-pyrrole nitrogens is 1. The van der Waals surface area contributed by atoms with Gasteiger partial charge in [0.05, 0.1) is 11.2 Å². The Morgan fingerprint density at radius 1 is 1.19 bits per heavy atom. The lowest BCUT2D eigenvalue weighted by atomic mass is 10.1. The molecular formula is C23H25F2N5O. The van der Waals surface area contributed by atoms with Gasteiger partial charge in [0.15, 0.2) is 17.4 Å². The van der Waals surface area contributed by atoms with E-state index < -0.39 is 11.6 Å². The Morgan fingerprint density at radius 3 is 2.71 bits per heavy atom. The molecule has 3 heterocycles. The normalized spacial score (nSPS) is 15.5. The number of allylic oxidation sites excluding steroid dienone is 3. The summed E-state index contributed by atoms with van der Waals surface area (Å²) in [7, 11) is 2.11. The number of aromatic nitrogens is 3. The van der Waals surface area contributed by atoms with Crippen LogP contribution < -0.4 is 4.74 Å². The third-order valence-electron chi connectivity index (χ3n) is 5.40. The molecule has 1 saturated heterocycles. The van der Waals surface area contributed by atoms with Crippen molar-refractivity contribution in [2.24, 2.45) is 0 Å². The number of piperazine rings is 1. The number of aromatic amines is 1. The van der Waals surface area contributed by atoms with E-state index in [1.165, 1.54) is 6.33 Å². The van der Waals surface area contributed by atoms with Gasteiger partial charge in [-0.05, 0) is 26.1 Å². The fourth-order valence-electron chi connectivity index (χ4n) is 3.74. The number of fused-ring (bicyclic) bond motifs is 1. The van der Waals surface area contributed by atoms with Crippen molar-refractivity contribution in [1.82, 2.24) is 24.8 Å². The second-order valence-corrected chi connectivity index (χ2v) is 7.72. The SMILES string of the molecule is C=C/C=C(\Cc1cc(Oc2cc(F)c3[nH]c(C)cc3c2F)ncn1)N1CCN(C)CC1. The molecule has 1 fully saturated rings. The lowest BCUT2D eigenvalue weighted by Crippen LogP contribution is -2.44. The highest BCUT2D eigenvalue weighted by Crippen LogP contribution is 2.32. The van der Waals surface area contributed by atoms with Crippen LogP contribution in [0, 0.1) is 18.6 Å². The van der Waals surface area contributed by atoms with Gasteiger partial charge in [-0.15, -0.1) is 0 Å². The third kappa shape index (κ3) is 4.59. The van der Waals surface area contributed by atoms with Crippen molar-refractivity contribution in [3.05, 3.63) is 72.0 Å². The number of aryl methyl sites for hydroxylation is 1. The van der Waals surface area contributed by atoms with E-state index in [1.54, 1.807) is 25.1 Å². The Labute approximate surface area is 179 Å². The fourth-order valence-corrected chi connectivity index (χ4v) is 3.74. The van der Waals surface area contributed by atoms with Gasteiger partial charge in [-0.3, -0.25) is 0 Å². The number of hydrogen-bond donors (Lipinski definition) is 1. The summed E-state index contributed by atoms with van der Waals surface area (Å²) in [5, 5.41) is 0.146. The van der Waals surface area contributed by atoms with Crippen LogP contribution in [-0.2, 0) is 6.42 Å². The minimum Gasteiger partial charge on any atom is -0.436 e. The van der Waals surface area contributed by atoms with Gasteiger partial charge in [0, 0.05) is 61.5 Å². The van der Waals surface area contributed by atoms with Crippen LogP contribution in [0.1, 0.15) is 11.4 Å². The summed E-state index contributed by atoms with van der Waals surface area (Å²) in [4.78, 5) is 15.8. The molecule has 0 radical (unpaired) electrons. The zero-order valence-corrected chi connectivity index (χ0v) is 17.7. The number of rotatable bonds is 6. The number of likely N-dealkylation sites (N-methyl/N-ethyl adjacent to an activating group) is 1. The molecular weight excluding hydrogens is 400 g/mol. The molecule has 0 bridgehead atoms. The summed E-state index contributed by atoms with van der Waals surface area (Å²) in [5.41, 5.74) is 2.60. The lowest BCUT2D eigenvalue weighted by Gasteiger charge is -2.35. The summed E-state index contributed by atoms with van der Waals surface area (Å²) in [6.07, 6.45) is 5.67. The van der Waals surface area contributed by atoms with Crippen molar-refractivity contribution in [1.29, 1.82) is 0 Å². The summed E-state index contributed by atoms with van der Waals surface area (Å²) in [6, 6.07) is 4.23. The fraction of sp³-hybridized carbons (Fsp3) is 0.304. The number of nitrogens with one attached hydrogen (secondary N) is 1. The average molecular weight is 425 g/mol. The molecule has 6 nitrogen and oxygen atoms in total. The van der Waals surface area contributed by atoms with Crippen LogP contribution in [-0.4, -0.2) is 58.0 Å². The van der Waals surface area contributed by atoms with E-state index in [-0.39, 0.29) is 22.5 Å². The van der Waals surface area contributed by atoms with Crippen molar-refractivity contribution < 1.29 is 13.5 Å². The maximum Gasteiger partial charge on any atom is 0.222 e. The summed E-state index contributed by atoms with van der Waals surface area (Å²) in [5.74, 6) is -1.27. The first-order valence-electron chi connectivity index (χ1n) is 10.2. The van der Waals surface area contributed by atoms with E-state index in [4.69, 9.17) is 4.74 Å². The maximum absolute atomic E-state index is 14.8. The smallest absolute Gasteiger partial charge is 0.222 e. The van der Waals surface area contributed by atoms with Gasteiger partial charge in [-0.25, -0.2) is 18.7 Å². The Morgan fingerprint density at radius 2 is 1.97 bits per heavy atom. The van der Waals surface area contributed by atoms with Gasteiger partial charge in [0.2, 0.25) is 5.88 Å². The highest BCUT2D eigenvalue weighted by atomic mass is 19.1. The molecule has 1 aliphatic heterocycles. The van der Waals surface area contributed by atoms with Crippen LogP contribution in [0.25, 0.3) is 10.9 Å². The molecule has 4 rings (SSSR count). The molecule has 0 unspecified atom stereocenters. The molecule has 1 aliphatic rings. The van der Waals surface area contributed by atoms with E-state index in [2.05, 4.69) is 38.4 Å². The molecule has 0 aliphatic carbocycles. The van der Waals surface area contributed by atoms with Gasteiger partial charge in [-0.1, -0.05) is 12.7 Å². The maximum atomic E-state index is 14.8. The lowest BCUT2D eigenvalue weighted by molar-refractivity contribution is 0.183. The Hall–Kier alpha value is -3.26. The molecule has 0 atom stereocenters. The first-order chi connectivity index (χ1) is 14.9. The summed E-state index contributed by atoms with van der Waals surface area (Å²) < 4.78 is 34.8. The van der Waals surface area contributed by atoms with Crippen LogP contribution in [0.4, 0.5) is 8.78 Å². The zero-order valence-electron chi connectivity index (χ0n) is 17.7. The number of ether oxygens (including phenoxy) is 1. The van der Waals surface area contributed by atoms with E-state index in [9.17, 15) is 8.78 Å². The standard InChI is InChI=1S/C23H25F2N5O/c1-4-5-17(30-8-6-29(3)7-9-30)11-16-12-21(27-14-26-16)31-20-13-19(24)23-18(22(20)25)10-15(2)28-23/h4-5,10,12-14,28H,1,6-9,11H2,2-3H3/b17-5+. The molecule has 2 aromatic heterocycles. The van der Waals surface area contributed by atoms with Gasteiger partial charge in [-0.2, -0.15) is 0 Å². The number of hydrogen-bond acceptors (Lipinski definition) is 5. The van der Waals surface area contributed by atoms with Crippen LogP contribution in [0.2, 0.25) is 0 Å². The highest BCUT2D eigenvalue weighted by Gasteiger charge is 2.19. The largest absolute Gasteiger partial charge is 0.436 e. The molecule has 0 spiro atoms. The van der Waals surface area contributed by atoms with Gasteiger partial charge in [0.25, 0.3) is 0 Å². The molecule has 1 N–H and O–H groups in total. The van der Waals surface area contributed by atoms with Crippen LogP contribution >= 0.6 is 0 Å². The van der Waals surface area contributed by atoms with Crippen LogP contribution in [0.5, 0.6) is 11.6 Å². The molecule has 0 amide bonds. The third-order valence-corrected chi connectivity index (χ3v) is 5.40. The van der Waals surface area contributed by atoms with Gasteiger partial charge >= 0.3 is 0 Å². The molecule has 8 heteroatoms. The van der Waals surface area contributed by atoms with E-state index in [0.717, 1.165) is 43.6 Å². The minimum atomic E-state index is -0.634. The number of benzene rings is 1. The Balaban J connectivity index is 1.56. The first-order valence-corrected chi connectivity index (χ1v) is 10.2. The monoisotopic (exact) mass is 425 g/mol. The second kappa shape index (κ2) is 8.85. The van der Waals surface area contributed by atoms with E-state index >= 15 is 0 Å². The zero-order chi connectivity index (χ0) is 22.0. The molecule has 1 aromatic carbocycles. The topological polar surface area (TPSA) is 57.3 Å². The molecule has 162 valence electrons. The van der Waals surface area contributed by atoms with Crippen molar-refractivity contribution in [2.75, 3.05) is 33.2 Å². The number of halogens is 2. The molecule has 31 heavy (non-hydrogen) atoms. The van der Waals surface area contributed by atoms with Gasteiger partial charge in [0.1, 0.15) is 6.33 Å². The van der Waals surface area contributed by atoms with Crippen molar-refractivity contribution in [3.8, 4) is 11.6 Å². The Kier molecular flexibility index (Phi) is 5.99. The van der Waals surface area contributed by atoms with Crippen LogP contribution in [0.3, 0.4) is 0 Å². The Bertz CT molecular complexity index is 1130. The highest BCUT2D eigenvalue weighted by molar-refractivity contribution is 5.83. The molecule has 0 saturated carbocycles. The first kappa shape index (κ1) is 21.0.